The number of ketones is 1. The third-order valence-corrected chi connectivity index (χ3v) is 3.16. The van der Waals surface area contributed by atoms with Crippen LogP contribution in [0.3, 0.4) is 0 Å². The Hall–Kier alpha value is -1.76. The van der Waals surface area contributed by atoms with Crippen molar-refractivity contribution < 1.29 is 19.2 Å². The highest BCUT2D eigenvalue weighted by Gasteiger charge is 2.24. The molecule has 0 saturated heterocycles. The number of esters is 1. The summed E-state index contributed by atoms with van der Waals surface area (Å²) in [6.07, 6.45) is -0.0730. The van der Waals surface area contributed by atoms with E-state index in [9.17, 15) is 19.7 Å². The summed E-state index contributed by atoms with van der Waals surface area (Å²) < 4.78 is 4.71. The Bertz CT molecular complexity index is 503. The van der Waals surface area contributed by atoms with Gasteiger partial charge in [0.1, 0.15) is 0 Å². The van der Waals surface area contributed by atoms with Crippen molar-refractivity contribution in [3.63, 3.8) is 0 Å². The van der Waals surface area contributed by atoms with Crippen LogP contribution in [0.1, 0.15) is 12.5 Å². The smallest absolute Gasteiger partial charge is 0.327 e. The number of ether oxygens (including phenoxy) is 1. The van der Waals surface area contributed by atoms with Crippen LogP contribution in [0, 0.1) is 10.1 Å². The summed E-state index contributed by atoms with van der Waals surface area (Å²) >= 11 is 2.96. The minimum Gasteiger partial charge on any atom is -0.465 e. The molecule has 0 fully saturated rings. The molecule has 0 amide bonds. The molecule has 0 saturated carbocycles. The number of halogens is 1. The molecule has 1 aromatic rings. The van der Waals surface area contributed by atoms with E-state index < -0.39 is 21.5 Å². The van der Waals surface area contributed by atoms with Gasteiger partial charge in [0, 0.05) is 18.6 Å². The highest BCUT2D eigenvalue weighted by atomic mass is 79.9. The first-order valence-electron chi connectivity index (χ1n) is 5.52. The minimum atomic E-state index is -1.05. The summed E-state index contributed by atoms with van der Waals surface area (Å²) in [4.78, 5) is 32.2. The Morgan fingerprint density at radius 3 is 2.74 bits per heavy atom. The molecular weight excluding hydrogens is 318 g/mol. The second-order valence-corrected chi connectivity index (χ2v) is 4.60. The summed E-state index contributed by atoms with van der Waals surface area (Å²) in [5, 5.41) is 10.6. The molecule has 6 nitrogen and oxygen atoms in total. The normalized spacial score (nSPS) is 11.7. The molecular formula is C12H12BrNO5. The summed E-state index contributed by atoms with van der Waals surface area (Å²) in [7, 11) is 0. The van der Waals surface area contributed by atoms with Crippen molar-refractivity contribution in [2.45, 2.75) is 18.2 Å². The van der Waals surface area contributed by atoms with Gasteiger partial charge in [-0.15, -0.1) is 0 Å². The van der Waals surface area contributed by atoms with Crippen LogP contribution in [0.4, 0.5) is 5.69 Å². The van der Waals surface area contributed by atoms with E-state index in [0.717, 1.165) is 0 Å². The van der Waals surface area contributed by atoms with Crippen molar-refractivity contribution in [2.75, 3.05) is 6.61 Å². The first-order chi connectivity index (χ1) is 8.95. The Kier molecular flexibility index (Phi) is 5.62. The molecule has 0 aliphatic carbocycles. The summed E-state index contributed by atoms with van der Waals surface area (Å²) in [5.74, 6) is -1.06. The van der Waals surface area contributed by atoms with Crippen molar-refractivity contribution >= 4 is 33.4 Å². The number of benzene rings is 1. The lowest BCUT2D eigenvalue weighted by Gasteiger charge is -2.08. The molecule has 0 radical (unpaired) electrons. The van der Waals surface area contributed by atoms with Gasteiger partial charge in [0.15, 0.2) is 10.6 Å². The number of Topliss-reactive ketones (excluding diaryl/α,β-unsaturated/α-hetero) is 1. The first kappa shape index (κ1) is 15.3. The standard InChI is InChI=1S/C12H12BrNO5/c1-2-19-12(16)11(13)10(15)7-8-4-3-5-9(6-8)14(17)18/h3-6,11H,2,7H2,1H3. The molecule has 19 heavy (non-hydrogen) atoms. The highest BCUT2D eigenvalue weighted by molar-refractivity contribution is 9.10. The number of rotatable bonds is 6. The van der Waals surface area contributed by atoms with Crippen LogP contribution in [0.5, 0.6) is 0 Å². The van der Waals surface area contributed by atoms with E-state index >= 15 is 0 Å². The Labute approximate surface area is 118 Å². The predicted molar refractivity (Wildman–Crippen MR) is 71.2 cm³/mol. The maximum atomic E-state index is 11.8. The van der Waals surface area contributed by atoms with Crippen LogP contribution in [0.2, 0.25) is 0 Å². The number of carbonyl (C=O) groups is 2. The van der Waals surface area contributed by atoms with Crippen LogP contribution < -0.4 is 0 Å². The molecule has 0 bridgehead atoms. The lowest BCUT2D eigenvalue weighted by Crippen LogP contribution is -2.27. The van der Waals surface area contributed by atoms with Crippen LogP contribution >= 0.6 is 15.9 Å². The van der Waals surface area contributed by atoms with Crippen LogP contribution in [0.25, 0.3) is 0 Å². The number of nitro groups is 1. The molecule has 0 aromatic heterocycles. The van der Waals surface area contributed by atoms with E-state index in [0.29, 0.717) is 5.56 Å². The highest BCUT2D eigenvalue weighted by Crippen LogP contribution is 2.15. The SMILES string of the molecule is CCOC(=O)C(Br)C(=O)Cc1cccc([N+](=O)[O-])c1. The summed E-state index contributed by atoms with van der Waals surface area (Å²) in [5.41, 5.74) is 0.389. The zero-order valence-electron chi connectivity index (χ0n) is 10.2. The lowest BCUT2D eigenvalue weighted by atomic mass is 10.1. The first-order valence-corrected chi connectivity index (χ1v) is 6.44. The number of hydrogen-bond acceptors (Lipinski definition) is 5. The van der Waals surface area contributed by atoms with Gasteiger partial charge in [0.25, 0.3) is 5.69 Å². The van der Waals surface area contributed by atoms with Gasteiger partial charge in [0.2, 0.25) is 0 Å². The van der Waals surface area contributed by atoms with E-state index in [-0.39, 0.29) is 18.7 Å². The van der Waals surface area contributed by atoms with E-state index in [1.54, 1.807) is 13.0 Å². The fourth-order valence-electron chi connectivity index (χ4n) is 1.42. The van der Waals surface area contributed by atoms with Crippen LogP contribution in [-0.2, 0) is 20.7 Å². The molecule has 0 heterocycles. The summed E-state index contributed by atoms with van der Waals surface area (Å²) in [6.45, 7) is 1.83. The molecule has 7 heteroatoms. The van der Waals surface area contributed by atoms with Gasteiger partial charge >= 0.3 is 5.97 Å². The van der Waals surface area contributed by atoms with Gasteiger partial charge in [-0.3, -0.25) is 19.7 Å². The maximum Gasteiger partial charge on any atom is 0.327 e. The van der Waals surface area contributed by atoms with E-state index in [4.69, 9.17) is 4.74 Å². The molecule has 102 valence electrons. The second-order valence-electron chi connectivity index (χ2n) is 3.68. The third-order valence-electron chi connectivity index (χ3n) is 2.28. The van der Waals surface area contributed by atoms with E-state index in [1.807, 2.05) is 0 Å². The largest absolute Gasteiger partial charge is 0.465 e. The molecule has 1 unspecified atom stereocenters. The van der Waals surface area contributed by atoms with Gasteiger partial charge in [0.05, 0.1) is 11.5 Å². The molecule has 0 N–H and O–H groups in total. The zero-order valence-corrected chi connectivity index (χ0v) is 11.8. The topological polar surface area (TPSA) is 86.5 Å². The predicted octanol–water partition coefficient (Wildman–Crippen LogP) is 2.03. The van der Waals surface area contributed by atoms with E-state index in [1.165, 1.54) is 18.2 Å². The molecule has 0 spiro atoms. The van der Waals surface area contributed by atoms with Gasteiger partial charge in [-0.25, -0.2) is 0 Å². The fraction of sp³-hybridized carbons (Fsp3) is 0.333. The van der Waals surface area contributed by atoms with E-state index in [2.05, 4.69) is 15.9 Å². The third kappa shape index (κ3) is 4.44. The Balaban J connectivity index is 2.74. The van der Waals surface area contributed by atoms with Crippen molar-refractivity contribution in [3.8, 4) is 0 Å². The number of nitrogens with zero attached hydrogens (tertiary/aromatic N) is 1. The van der Waals surface area contributed by atoms with Crippen molar-refractivity contribution in [3.05, 3.63) is 39.9 Å². The van der Waals surface area contributed by atoms with Crippen molar-refractivity contribution in [2.24, 2.45) is 0 Å². The second kappa shape index (κ2) is 6.98. The quantitative estimate of drug-likeness (QED) is 0.262. The summed E-state index contributed by atoms with van der Waals surface area (Å²) in [6, 6.07) is 5.73. The Morgan fingerprint density at radius 1 is 1.47 bits per heavy atom. The maximum absolute atomic E-state index is 11.8. The average Bonchev–Trinajstić information content (AvgIpc) is 2.38. The number of carbonyl (C=O) groups excluding carboxylic acids is 2. The van der Waals surface area contributed by atoms with Gasteiger partial charge in [-0.2, -0.15) is 0 Å². The van der Waals surface area contributed by atoms with Crippen LogP contribution in [0.15, 0.2) is 24.3 Å². The molecule has 0 aliphatic rings. The molecule has 1 atom stereocenters. The molecule has 1 aromatic carbocycles. The zero-order chi connectivity index (χ0) is 14.4. The molecule has 1 rings (SSSR count). The average molecular weight is 330 g/mol. The van der Waals surface area contributed by atoms with Gasteiger partial charge in [-0.1, -0.05) is 28.1 Å². The molecule has 0 aliphatic heterocycles. The number of hydrogen-bond donors (Lipinski definition) is 0. The van der Waals surface area contributed by atoms with Crippen molar-refractivity contribution in [1.29, 1.82) is 0 Å². The minimum absolute atomic E-state index is 0.0730. The monoisotopic (exact) mass is 329 g/mol. The number of non-ortho nitro benzene ring substituents is 1. The van der Waals surface area contributed by atoms with Gasteiger partial charge < -0.3 is 4.74 Å². The fourth-order valence-corrected chi connectivity index (χ4v) is 1.71. The lowest BCUT2D eigenvalue weighted by molar-refractivity contribution is -0.384. The number of alkyl halides is 1. The van der Waals surface area contributed by atoms with Crippen molar-refractivity contribution in [1.82, 2.24) is 0 Å². The Morgan fingerprint density at radius 2 is 2.16 bits per heavy atom. The van der Waals surface area contributed by atoms with Crippen LogP contribution in [-0.4, -0.2) is 28.1 Å². The number of nitro benzene ring substituents is 1. The van der Waals surface area contributed by atoms with Gasteiger partial charge in [-0.05, 0) is 12.5 Å².